The fourth-order valence-electron chi connectivity index (χ4n) is 1.39. The molecule has 0 aliphatic heterocycles. The monoisotopic (exact) mass is 300 g/mol. The second-order valence-electron chi connectivity index (χ2n) is 3.58. The number of hydrogen-bond acceptors (Lipinski definition) is 3. The average Bonchev–Trinajstić information content (AvgIpc) is 2.36. The number of carbonyl (C=O) groups is 1. The van der Waals surface area contributed by atoms with Crippen molar-refractivity contribution >= 4 is 40.7 Å². The van der Waals surface area contributed by atoms with Crippen LogP contribution in [0.15, 0.2) is 30.3 Å². The third-order valence-electron chi connectivity index (χ3n) is 2.24. The maximum Gasteiger partial charge on any atom is 0.356 e. The molecule has 0 bridgehead atoms. The van der Waals surface area contributed by atoms with Crippen LogP contribution in [0, 0.1) is 5.82 Å². The van der Waals surface area contributed by atoms with Crippen molar-refractivity contribution in [2.45, 2.75) is 0 Å². The summed E-state index contributed by atoms with van der Waals surface area (Å²) in [4.78, 5) is 14.7. The topological polar surface area (TPSA) is 62.2 Å². The molecule has 0 aliphatic rings. The number of nitrogens with zero attached hydrogens (tertiary/aromatic N) is 1. The van der Waals surface area contributed by atoms with Crippen molar-refractivity contribution < 1.29 is 14.3 Å². The van der Waals surface area contributed by atoms with Gasteiger partial charge in [0.05, 0.1) is 10.7 Å². The summed E-state index contributed by atoms with van der Waals surface area (Å²) in [5.41, 5.74) is -0.215. The molecule has 2 aromatic rings. The highest BCUT2D eigenvalue weighted by Gasteiger charge is 2.12. The summed E-state index contributed by atoms with van der Waals surface area (Å²) in [5, 5.41) is 11.9. The van der Waals surface area contributed by atoms with Crippen molar-refractivity contribution in [3.63, 3.8) is 0 Å². The summed E-state index contributed by atoms with van der Waals surface area (Å²) < 4.78 is 13.5. The lowest BCUT2D eigenvalue weighted by Crippen LogP contribution is -2.04. The van der Waals surface area contributed by atoms with Crippen molar-refractivity contribution in [2.24, 2.45) is 0 Å². The zero-order chi connectivity index (χ0) is 14.0. The van der Waals surface area contributed by atoms with Crippen LogP contribution in [0.5, 0.6) is 0 Å². The molecular weight excluding hydrogens is 294 g/mol. The van der Waals surface area contributed by atoms with Gasteiger partial charge < -0.3 is 10.4 Å². The van der Waals surface area contributed by atoms with Crippen LogP contribution in [0.1, 0.15) is 10.5 Å². The molecule has 1 heterocycles. The molecule has 4 nitrogen and oxygen atoms in total. The third-order valence-corrected chi connectivity index (χ3v) is 2.78. The van der Waals surface area contributed by atoms with Crippen molar-refractivity contribution in [1.82, 2.24) is 4.98 Å². The Bertz CT molecular complexity index is 650. The molecule has 2 N–H and O–H groups in total. The number of anilines is 2. The molecule has 0 radical (unpaired) electrons. The van der Waals surface area contributed by atoms with Crippen LogP contribution in [0.25, 0.3) is 0 Å². The maximum absolute atomic E-state index is 13.5. The van der Waals surface area contributed by atoms with E-state index in [4.69, 9.17) is 28.3 Å². The second kappa shape index (κ2) is 5.42. The molecule has 0 aliphatic carbocycles. The van der Waals surface area contributed by atoms with Crippen LogP contribution < -0.4 is 5.32 Å². The van der Waals surface area contributed by atoms with Gasteiger partial charge in [0, 0.05) is 5.02 Å². The van der Waals surface area contributed by atoms with E-state index in [1.807, 2.05) is 0 Å². The van der Waals surface area contributed by atoms with Crippen LogP contribution in [-0.2, 0) is 0 Å². The number of carboxylic acid groups (broad SMARTS) is 1. The zero-order valence-corrected chi connectivity index (χ0v) is 10.8. The van der Waals surface area contributed by atoms with E-state index in [-0.39, 0.29) is 22.2 Å². The van der Waals surface area contributed by atoms with E-state index in [0.717, 1.165) is 0 Å². The number of nitrogens with one attached hydrogen (secondary N) is 1. The summed E-state index contributed by atoms with van der Waals surface area (Å²) in [6.45, 7) is 0. The predicted molar refractivity (Wildman–Crippen MR) is 70.9 cm³/mol. The fraction of sp³-hybridized carbons (Fsp3) is 0. The first-order valence-corrected chi connectivity index (χ1v) is 5.85. The Hall–Kier alpha value is -1.85. The summed E-state index contributed by atoms with van der Waals surface area (Å²) in [7, 11) is 0. The number of aromatic nitrogens is 1. The van der Waals surface area contributed by atoms with Crippen LogP contribution >= 0.6 is 23.2 Å². The van der Waals surface area contributed by atoms with Crippen LogP contribution in [0.4, 0.5) is 15.9 Å². The summed E-state index contributed by atoms with van der Waals surface area (Å²) in [5.74, 6) is -1.64. The number of rotatable bonds is 3. The predicted octanol–water partition coefficient (Wildman–Crippen LogP) is 3.97. The van der Waals surface area contributed by atoms with Gasteiger partial charge in [0.15, 0.2) is 5.69 Å². The van der Waals surface area contributed by atoms with E-state index in [9.17, 15) is 9.18 Å². The maximum atomic E-state index is 13.5. The van der Waals surface area contributed by atoms with Gasteiger partial charge in [0.25, 0.3) is 0 Å². The molecule has 98 valence electrons. The van der Waals surface area contributed by atoms with Gasteiger partial charge in [0.1, 0.15) is 11.6 Å². The van der Waals surface area contributed by atoms with E-state index < -0.39 is 11.8 Å². The number of carboxylic acids is 1. The first-order valence-electron chi connectivity index (χ1n) is 5.09. The first kappa shape index (κ1) is 13.6. The molecule has 1 aromatic carbocycles. The number of hydrogen-bond donors (Lipinski definition) is 2. The molecule has 1 aromatic heterocycles. The molecule has 19 heavy (non-hydrogen) atoms. The summed E-state index contributed by atoms with van der Waals surface area (Å²) in [6.07, 6.45) is 0. The van der Waals surface area contributed by atoms with E-state index in [1.165, 1.54) is 30.3 Å². The van der Waals surface area contributed by atoms with Crippen molar-refractivity contribution in [1.29, 1.82) is 0 Å². The van der Waals surface area contributed by atoms with Crippen LogP contribution in [0.2, 0.25) is 10.0 Å². The fourth-order valence-corrected chi connectivity index (χ4v) is 1.75. The van der Waals surface area contributed by atoms with E-state index in [2.05, 4.69) is 10.3 Å². The van der Waals surface area contributed by atoms with E-state index in [1.54, 1.807) is 0 Å². The Morgan fingerprint density at radius 1 is 1.26 bits per heavy atom. The second-order valence-corrected chi connectivity index (χ2v) is 4.42. The van der Waals surface area contributed by atoms with Gasteiger partial charge in [-0.15, -0.1) is 0 Å². The molecule has 0 fully saturated rings. The molecule has 0 atom stereocenters. The Balaban J connectivity index is 2.36. The zero-order valence-electron chi connectivity index (χ0n) is 9.32. The molecule has 0 spiro atoms. The average molecular weight is 301 g/mol. The standard InChI is InChI=1S/C12H7Cl2FN2O2/c13-6-1-3-8(15)9(5-6)16-10-4-2-7(14)11(17-10)12(18)19/h1-5H,(H,16,17)(H,18,19). The molecule has 0 saturated heterocycles. The highest BCUT2D eigenvalue weighted by atomic mass is 35.5. The third kappa shape index (κ3) is 3.13. The van der Waals surface area contributed by atoms with E-state index >= 15 is 0 Å². The smallest absolute Gasteiger partial charge is 0.356 e. The van der Waals surface area contributed by atoms with Crippen LogP contribution in [-0.4, -0.2) is 16.1 Å². The van der Waals surface area contributed by atoms with E-state index in [0.29, 0.717) is 5.02 Å². The van der Waals surface area contributed by atoms with Gasteiger partial charge in [-0.1, -0.05) is 23.2 Å². The SMILES string of the molecule is O=C(O)c1nc(Nc2cc(Cl)ccc2F)ccc1Cl. The molecule has 7 heteroatoms. The molecule has 2 rings (SSSR count). The minimum atomic E-state index is -1.26. The van der Waals surface area contributed by atoms with Crippen molar-refractivity contribution in [2.75, 3.05) is 5.32 Å². The van der Waals surface area contributed by atoms with Gasteiger partial charge in [-0.05, 0) is 30.3 Å². The van der Waals surface area contributed by atoms with Gasteiger partial charge in [-0.2, -0.15) is 0 Å². The van der Waals surface area contributed by atoms with Gasteiger partial charge >= 0.3 is 5.97 Å². The Kier molecular flexibility index (Phi) is 3.87. The van der Waals surface area contributed by atoms with Gasteiger partial charge in [0.2, 0.25) is 0 Å². The Morgan fingerprint density at radius 3 is 2.68 bits per heavy atom. The van der Waals surface area contributed by atoms with Gasteiger partial charge in [-0.25, -0.2) is 14.2 Å². The number of aromatic carboxylic acids is 1. The highest BCUT2D eigenvalue weighted by molar-refractivity contribution is 6.33. The first-order chi connectivity index (χ1) is 8.97. The van der Waals surface area contributed by atoms with Crippen LogP contribution in [0.3, 0.4) is 0 Å². The molecule has 0 unspecified atom stereocenters. The Morgan fingerprint density at radius 2 is 2.00 bits per heavy atom. The number of pyridine rings is 1. The number of benzene rings is 1. The Labute approximate surface area is 117 Å². The van der Waals surface area contributed by atoms with Gasteiger partial charge in [-0.3, -0.25) is 0 Å². The quantitative estimate of drug-likeness (QED) is 0.900. The summed E-state index contributed by atoms with van der Waals surface area (Å²) in [6, 6.07) is 6.77. The minimum Gasteiger partial charge on any atom is -0.476 e. The van der Waals surface area contributed by atoms with Crippen molar-refractivity contribution in [3.05, 3.63) is 51.9 Å². The largest absolute Gasteiger partial charge is 0.476 e. The highest BCUT2D eigenvalue weighted by Crippen LogP contribution is 2.24. The molecule has 0 saturated carbocycles. The molecule has 0 amide bonds. The minimum absolute atomic E-state index is 0.00427. The summed E-state index contributed by atoms with van der Waals surface area (Å²) >= 11 is 11.4. The number of halogens is 3. The lowest BCUT2D eigenvalue weighted by atomic mass is 10.3. The van der Waals surface area contributed by atoms with Crippen molar-refractivity contribution in [3.8, 4) is 0 Å². The molecular formula is C12H7Cl2FN2O2. The lowest BCUT2D eigenvalue weighted by molar-refractivity contribution is 0.0691. The lowest BCUT2D eigenvalue weighted by Gasteiger charge is -2.08. The normalized spacial score (nSPS) is 10.3.